The summed E-state index contributed by atoms with van der Waals surface area (Å²) in [6.07, 6.45) is 2.21. The number of benzene rings is 1. The van der Waals surface area contributed by atoms with Gasteiger partial charge >= 0.3 is 0 Å². The van der Waals surface area contributed by atoms with E-state index in [1.807, 2.05) is 0 Å². The molecular formula is C16H22ClN3O4S2. The SMILES string of the molecule is O=S(=O)(c1ccc(Cl)c(NC(=S)NC[C@H]2CCCO2)c1)N1CCOCC1. The summed E-state index contributed by atoms with van der Waals surface area (Å²) < 4.78 is 37.7. The predicted octanol–water partition coefficient (Wildman–Crippen LogP) is 1.83. The van der Waals surface area contributed by atoms with E-state index in [0.29, 0.717) is 48.7 Å². The van der Waals surface area contributed by atoms with Crippen LogP contribution in [0.5, 0.6) is 0 Å². The first-order valence-electron chi connectivity index (χ1n) is 8.51. The highest BCUT2D eigenvalue weighted by Gasteiger charge is 2.27. The molecule has 2 aliphatic heterocycles. The number of halogens is 1. The molecule has 1 aromatic carbocycles. The number of sulfonamides is 1. The molecule has 0 aliphatic carbocycles. The first-order chi connectivity index (χ1) is 12.5. The van der Waals surface area contributed by atoms with Crippen LogP contribution >= 0.6 is 23.8 Å². The minimum Gasteiger partial charge on any atom is -0.379 e. The van der Waals surface area contributed by atoms with Gasteiger partial charge in [-0.15, -0.1) is 0 Å². The van der Waals surface area contributed by atoms with Gasteiger partial charge < -0.3 is 20.1 Å². The maximum Gasteiger partial charge on any atom is 0.243 e. The molecule has 10 heteroatoms. The molecule has 0 radical (unpaired) electrons. The van der Waals surface area contributed by atoms with Crippen LogP contribution in [0.1, 0.15) is 12.8 Å². The van der Waals surface area contributed by atoms with Crippen LogP contribution in [0.15, 0.2) is 23.1 Å². The zero-order valence-electron chi connectivity index (χ0n) is 14.2. The molecule has 0 aromatic heterocycles. The quantitative estimate of drug-likeness (QED) is 0.704. The number of hydrogen-bond donors (Lipinski definition) is 2. The normalized spacial score (nSPS) is 21.5. The Morgan fingerprint density at radius 2 is 2.08 bits per heavy atom. The fourth-order valence-corrected chi connectivity index (χ4v) is 4.67. The van der Waals surface area contributed by atoms with E-state index in [4.69, 9.17) is 33.3 Å². The zero-order chi connectivity index (χ0) is 18.6. The molecular weight excluding hydrogens is 398 g/mol. The van der Waals surface area contributed by atoms with Gasteiger partial charge in [0.1, 0.15) is 0 Å². The van der Waals surface area contributed by atoms with E-state index in [-0.39, 0.29) is 11.0 Å². The van der Waals surface area contributed by atoms with Crippen LogP contribution in [0.4, 0.5) is 5.69 Å². The minimum absolute atomic E-state index is 0.151. The molecule has 26 heavy (non-hydrogen) atoms. The number of anilines is 1. The van der Waals surface area contributed by atoms with Crippen LogP contribution in [-0.4, -0.2) is 63.4 Å². The van der Waals surface area contributed by atoms with E-state index < -0.39 is 10.0 Å². The van der Waals surface area contributed by atoms with Gasteiger partial charge in [0.2, 0.25) is 10.0 Å². The van der Waals surface area contributed by atoms with Crippen molar-refractivity contribution in [3.05, 3.63) is 23.2 Å². The Morgan fingerprint density at radius 3 is 2.77 bits per heavy atom. The molecule has 0 amide bonds. The molecule has 0 bridgehead atoms. The summed E-state index contributed by atoms with van der Waals surface area (Å²) in [7, 11) is -3.59. The van der Waals surface area contributed by atoms with Gasteiger partial charge in [0.25, 0.3) is 0 Å². The Labute approximate surface area is 164 Å². The summed E-state index contributed by atoms with van der Waals surface area (Å²) >= 11 is 11.5. The van der Waals surface area contributed by atoms with E-state index in [1.54, 1.807) is 6.07 Å². The first kappa shape index (κ1) is 19.8. The third-order valence-electron chi connectivity index (χ3n) is 4.31. The van der Waals surface area contributed by atoms with Gasteiger partial charge in [0, 0.05) is 26.2 Å². The molecule has 2 saturated heterocycles. The Bertz CT molecular complexity index is 748. The molecule has 0 saturated carbocycles. The van der Waals surface area contributed by atoms with Crippen LogP contribution in [0, 0.1) is 0 Å². The van der Waals surface area contributed by atoms with Crippen molar-refractivity contribution in [2.24, 2.45) is 0 Å². The topological polar surface area (TPSA) is 79.9 Å². The Balaban J connectivity index is 1.67. The summed E-state index contributed by atoms with van der Waals surface area (Å²) in [4.78, 5) is 0.174. The van der Waals surface area contributed by atoms with Crippen LogP contribution in [-0.2, 0) is 19.5 Å². The molecule has 144 valence electrons. The van der Waals surface area contributed by atoms with E-state index in [0.717, 1.165) is 19.4 Å². The predicted molar refractivity (Wildman–Crippen MR) is 104 cm³/mol. The van der Waals surface area contributed by atoms with E-state index in [2.05, 4.69) is 10.6 Å². The van der Waals surface area contributed by atoms with Crippen LogP contribution in [0.3, 0.4) is 0 Å². The summed E-state index contributed by atoms with van der Waals surface area (Å²) in [5.74, 6) is 0. The van der Waals surface area contributed by atoms with Crippen LogP contribution in [0.2, 0.25) is 5.02 Å². The highest BCUT2D eigenvalue weighted by molar-refractivity contribution is 7.89. The molecule has 7 nitrogen and oxygen atoms in total. The Hall–Kier alpha value is -0.970. The van der Waals surface area contributed by atoms with Gasteiger partial charge in [-0.05, 0) is 43.3 Å². The maximum atomic E-state index is 12.8. The smallest absolute Gasteiger partial charge is 0.243 e. The first-order valence-corrected chi connectivity index (χ1v) is 10.7. The average molecular weight is 420 g/mol. The second-order valence-corrected chi connectivity index (χ2v) is 8.88. The van der Waals surface area contributed by atoms with Gasteiger partial charge in [-0.25, -0.2) is 8.42 Å². The van der Waals surface area contributed by atoms with Gasteiger partial charge in [-0.1, -0.05) is 11.6 Å². The summed E-state index contributed by atoms with van der Waals surface area (Å²) in [6.45, 7) is 2.86. The van der Waals surface area contributed by atoms with Crippen molar-refractivity contribution in [3.8, 4) is 0 Å². The van der Waals surface area contributed by atoms with Crippen molar-refractivity contribution in [3.63, 3.8) is 0 Å². The maximum absolute atomic E-state index is 12.8. The summed E-state index contributed by atoms with van der Waals surface area (Å²) in [5.41, 5.74) is 0.450. The fraction of sp³-hybridized carbons (Fsp3) is 0.562. The third kappa shape index (κ3) is 4.85. The largest absolute Gasteiger partial charge is 0.379 e. The number of hydrogen-bond acceptors (Lipinski definition) is 5. The molecule has 0 spiro atoms. The number of nitrogens with one attached hydrogen (secondary N) is 2. The minimum atomic E-state index is -3.59. The monoisotopic (exact) mass is 419 g/mol. The third-order valence-corrected chi connectivity index (χ3v) is 6.78. The van der Waals surface area contributed by atoms with Crippen LogP contribution in [0.25, 0.3) is 0 Å². The fourth-order valence-electron chi connectivity index (χ4n) is 2.88. The van der Waals surface area contributed by atoms with Crippen molar-refractivity contribution in [2.45, 2.75) is 23.8 Å². The lowest BCUT2D eigenvalue weighted by molar-refractivity contribution is 0.0730. The molecule has 1 atom stereocenters. The number of thiocarbonyl (C=S) groups is 1. The summed E-state index contributed by atoms with van der Waals surface area (Å²) in [5, 5.41) is 6.83. The number of morpholine rings is 1. The molecule has 3 rings (SSSR count). The van der Waals surface area contributed by atoms with Crippen molar-refractivity contribution < 1.29 is 17.9 Å². The zero-order valence-corrected chi connectivity index (χ0v) is 16.6. The number of rotatable bonds is 5. The Kier molecular flexibility index (Phi) is 6.70. The van der Waals surface area contributed by atoms with Crippen LogP contribution < -0.4 is 10.6 Å². The second-order valence-electron chi connectivity index (χ2n) is 6.13. The van der Waals surface area contributed by atoms with Crippen molar-refractivity contribution >= 4 is 44.6 Å². The molecule has 2 N–H and O–H groups in total. The van der Waals surface area contributed by atoms with Crippen molar-refractivity contribution in [1.29, 1.82) is 0 Å². The lowest BCUT2D eigenvalue weighted by atomic mass is 10.2. The highest BCUT2D eigenvalue weighted by Crippen LogP contribution is 2.27. The second kappa shape index (κ2) is 8.81. The van der Waals surface area contributed by atoms with Crippen molar-refractivity contribution in [2.75, 3.05) is 44.8 Å². The number of ether oxygens (including phenoxy) is 2. The van der Waals surface area contributed by atoms with Gasteiger partial charge in [0.15, 0.2) is 5.11 Å². The van der Waals surface area contributed by atoms with Gasteiger partial charge in [0.05, 0.1) is 34.9 Å². The lowest BCUT2D eigenvalue weighted by Gasteiger charge is -2.26. The molecule has 1 aromatic rings. The van der Waals surface area contributed by atoms with Crippen molar-refractivity contribution in [1.82, 2.24) is 9.62 Å². The molecule has 2 fully saturated rings. The Morgan fingerprint density at radius 1 is 1.31 bits per heavy atom. The van der Waals surface area contributed by atoms with E-state index in [1.165, 1.54) is 16.4 Å². The molecule has 2 heterocycles. The highest BCUT2D eigenvalue weighted by atomic mass is 35.5. The van der Waals surface area contributed by atoms with E-state index in [9.17, 15) is 8.42 Å². The standard InChI is InChI=1S/C16H22ClN3O4S2/c17-14-4-3-13(26(21,22)20-5-8-23-9-6-20)10-15(14)19-16(25)18-11-12-2-1-7-24-12/h3-4,10,12H,1-2,5-9,11H2,(H2,18,19,25)/t12-/m1/s1. The molecule has 2 aliphatic rings. The number of nitrogens with zero attached hydrogens (tertiary/aromatic N) is 1. The summed E-state index contributed by atoms with van der Waals surface area (Å²) in [6, 6.07) is 4.56. The van der Waals surface area contributed by atoms with E-state index >= 15 is 0 Å². The lowest BCUT2D eigenvalue weighted by Crippen LogP contribution is -2.40. The molecule has 0 unspecified atom stereocenters. The average Bonchev–Trinajstić information content (AvgIpc) is 3.16. The van der Waals surface area contributed by atoms with Gasteiger partial charge in [-0.2, -0.15) is 4.31 Å². The van der Waals surface area contributed by atoms with Gasteiger partial charge in [-0.3, -0.25) is 0 Å².